The minimum atomic E-state index is -1.39. The highest BCUT2D eigenvalue weighted by atomic mass is 16.3. The van der Waals surface area contributed by atoms with Crippen molar-refractivity contribution in [3.63, 3.8) is 0 Å². The van der Waals surface area contributed by atoms with Crippen molar-refractivity contribution in [1.82, 2.24) is 0 Å². The first kappa shape index (κ1) is 19.0. The number of hydrogen-bond donors (Lipinski definition) is 2. The molecule has 0 saturated heterocycles. The zero-order chi connectivity index (χ0) is 18.6. The van der Waals surface area contributed by atoms with E-state index < -0.39 is 11.7 Å². The number of carbonyl (C=O) groups excluding carboxylic acids is 2. The SMILES string of the molecule is CCC(O)C(=O)c1cccc(Cc2ccc(C(=O)C(C)(C)O)cc2)c1. The molecule has 0 aromatic heterocycles. The normalized spacial score (nSPS) is 12.7. The molecular weight excluding hydrogens is 316 g/mol. The number of Topliss-reactive ketones (excluding diaryl/α,β-unsaturated/α-hetero) is 2. The monoisotopic (exact) mass is 340 g/mol. The first-order valence-corrected chi connectivity index (χ1v) is 8.39. The standard InChI is InChI=1S/C21H24O4/c1-4-18(22)19(23)17-7-5-6-15(13-17)12-14-8-10-16(11-9-14)20(24)21(2,3)25/h5-11,13,18,22,25H,4,12H2,1-3H3. The Bertz CT molecular complexity index is 754. The maximum atomic E-state index is 12.1. The summed E-state index contributed by atoms with van der Waals surface area (Å²) in [6.07, 6.45) is 0.0301. The summed E-state index contributed by atoms with van der Waals surface area (Å²) in [5.41, 5.74) is 1.52. The molecule has 2 aromatic carbocycles. The molecule has 0 saturated carbocycles. The number of aliphatic hydroxyl groups is 2. The molecule has 0 heterocycles. The lowest BCUT2D eigenvalue weighted by molar-refractivity contribution is 0.0488. The van der Waals surface area contributed by atoms with Crippen LogP contribution in [0.1, 0.15) is 59.0 Å². The summed E-state index contributed by atoms with van der Waals surface area (Å²) in [5.74, 6) is -0.587. The number of aliphatic hydroxyl groups excluding tert-OH is 1. The number of rotatable bonds is 7. The van der Waals surface area contributed by atoms with Gasteiger partial charge in [0.15, 0.2) is 11.6 Å². The molecule has 0 spiro atoms. The van der Waals surface area contributed by atoms with Crippen LogP contribution in [0.25, 0.3) is 0 Å². The molecule has 2 rings (SSSR count). The van der Waals surface area contributed by atoms with Crippen molar-refractivity contribution < 1.29 is 19.8 Å². The van der Waals surface area contributed by atoms with Crippen LogP contribution in [0, 0.1) is 0 Å². The third kappa shape index (κ3) is 4.84. The molecule has 1 atom stereocenters. The molecule has 0 aliphatic carbocycles. The van der Waals surface area contributed by atoms with Crippen LogP contribution in [-0.2, 0) is 6.42 Å². The second-order valence-electron chi connectivity index (χ2n) is 6.75. The lowest BCUT2D eigenvalue weighted by atomic mass is 9.94. The molecule has 0 radical (unpaired) electrons. The van der Waals surface area contributed by atoms with Crippen molar-refractivity contribution in [2.75, 3.05) is 0 Å². The number of benzene rings is 2. The Morgan fingerprint density at radius 3 is 2.20 bits per heavy atom. The predicted molar refractivity (Wildman–Crippen MR) is 96.9 cm³/mol. The maximum Gasteiger partial charge on any atom is 0.193 e. The maximum absolute atomic E-state index is 12.1. The zero-order valence-electron chi connectivity index (χ0n) is 14.8. The molecule has 0 aliphatic heterocycles. The van der Waals surface area contributed by atoms with Gasteiger partial charge in [-0.2, -0.15) is 0 Å². The molecule has 0 amide bonds. The largest absolute Gasteiger partial charge is 0.385 e. The van der Waals surface area contributed by atoms with Crippen molar-refractivity contribution in [3.05, 3.63) is 70.8 Å². The smallest absolute Gasteiger partial charge is 0.193 e. The Morgan fingerprint density at radius 1 is 1.00 bits per heavy atom. The van der Waals surface area contributed by atoms with Crippen molar-refractivity contribution in [2.24, 2.45) is 0 Å². The van der Waals surface area contributed by atoms with Gasteiger partial charge in [-0.1, -0.05) is 49.4 Å². The van der Waals surface area contributed by atoms with Crippen LogP contribution >= 0.6 is 0 Å². The van der Waals surface area contributed by atoms with Crippen LogP contribution in [0.2, 0.25) is 0 Å². The molecule has 0 bridgehead atoms. The van der Waals surface area contributed by atoms with Gasteiger partial charge in [0.05, 0.1) is 0 Å². The van der Waals surface area contributed by atoms with Gasteiger partial charge in [0.25, 0.3) is 0 Å². The van der Waals surface area contributed by atoms with Crippen LogP contribution in [0.5, 0.6) is 0 Å². The topological polar surface area (TPSA) is 74.6 Å². The van der Waals surface area contributed by atoms with Gasteiger partial charge in [0, 0.05) is 11.1 Å². The van der Waals surface area contributed by atoms with Gasteiger partial charge in [-0.3, -0.25) is 9.59 Å². The van der Waals surface area contributed by atoms with Gasteiger partial charge in [-0.25, -0.2) is 0 Å². The third-order valence-electron chi connectivity index (χ3n) is 4.08. The van der Waals surface area contributed by atoms with Crippen molar-refractivity contribution in [3.8, 4) is 0 Å². The summed E-state index contributed by atoms with van der Waals surface area (Å²) in [7, 11) is 0. The van der Waals surface area contributed by atoms with E-state index in [1.807, 2.05) is 18.2 Å². The van der Waals surface area contributed by atoms with Crippen LogP contribution in [-0.4, -0.2) is 33.5 Å². The van der Waals surface area contributed by atoms with Crippen LogP contribution in [0.4, 0.5) is 0 Å². The Labute approximate surface area is 148 Å². The van der Waals surface area contributed by atoms with E-state index in [-0.39, 0.29) is 11.6 Å². The van der Waals surface area contributed by atoms with Gasteiger partial charge in [0.1, 0.15) is 11.7 Å². The highest BCUT2D eigenvalue weighted by molar-refractivity contribution is 6.01. The average Bonchev–Trinajstić information content (AvgIpc) is 2.60. The molecule has 4 heteroatoms. The Morgan fingerprint density at radius 2 is 1.64 bits per heavy atom. The Balaban J connectivity index is 2.15. The summed E-state index contributed by atoms with van der Waals surface area (Å²) >= 11 is 0. The van der Waals surface area contributed by atoms with Crippen LogP contribution in [0.15, 0.2) is 48.5 Å². The number of carbonyl (C=O) groups is 2. The minimum Gasteiger partial charge on any atom is -0.385 e. The highest BCUT2D eigenvalue weighted by Gasteiger charge is 2.24. The molecule has 25 heavy (non-hydrogen) atoms. The van der Waals surface area contributed by atoms with E-state index in [1.165, 1.54) is 13.8 Å². The van der Waals surface area contributed by atoms with Crippen molar-refractivity contribution in [1.29, 1.82) is 0 Å². The van der Waals surface area contributed by atoms with Crippen LogP contribution in [0.3, 0.4) is 0 Å². The molecule has 4 nitrogen and oxygen atoms in total. The first-order valence-electron chi connectivity index (χ1n) is 8.39. The molecule has 2 N–H and O–H groups in total. The van der Waals surface area contributed by atoms with E-state index in [9.17, 15) is 19.8 Å². The summed E-state index contributed by atoms with van der Waals surface area (Å²) < 4.78 is 0. The number of ketones is 2. The van der Waals surface area contributed by atoms with Crippen LogP contribution < -0.4 is 0 Å². The minimum absolute atomic E-state index is 0.268. The summed E-state index contributed by atoms with van der Waals surface area (Å²) in [5, 5.41) is 19.5. The fraction of sp³-hybridized carbons (Fsp3) is 0.333. The first-order chi connectivity index (χ1) is 11.7. The summed E-state index contributed by atoms with van der Waals surface area (Å²) in [6, 6.07) is 14.3. The van der Waals surface area contributed by atoms with E-state index in [0.29, 0.717) is 24.0 Å². The van der Waals surface area contributed by atoms with E-state index in [1.54, 1.807) is 37.3 Å². The summed E-state index contributed by atoms with van der Waals surface area (Å²) in [6.45, 7) is 4.70. The van der Waals surface area contributed by atoms with Gasteiger partial charge < -0.3 is 10.2 Å². The van der Waals surface area contributed by atoms with E-state index >= 15 is 0 Å². The second kappa shape index (κ2) is 7.72. The van der Waals surface area contributed by atoms with Gasteiger partial charge in [0.2, 0.25) is 0 Å². The van der Waals surface area contributed by atoms with Gasteiger partial charge in [-0.15, -0.1) is 0 Å². The van der Waals surface area contributed by atoms with Gasteiger partial charge >= 0.3 is 0 Å². The molecule has 0 aliphatic rings. The lowest BCUT2D eigenvalue weighted by Gasteiger charge is -2.15. The average molecular weight is 340 g/mol. The fourth-order valence-corrected chi connectivity index (χ4v) is 2.58. The van der Waals surface area contributed by atoms with E-state index in [4.69, 9.17) is 0 Å². The highest BCUT2D eigenvalue weighted by Crippen LogP contribution is 2.17. The van der Waals surface area contributed by atoms with E-state index in [0.717, 1.165) is 11.1 Å². The predicted octanol–water partition coefficient (Wildman–Crippen LogP) is 3.18. The lowest BCUT2D eigenvalue weighted by Crippen LogP contribution is -2.31. The second-order valence-corrected chi connectivity index (χ2v) is 6.75. The zero-order valence-corrected chi connectivity index (χ0v) is 14.8. The fourth-order valence-electron chi connectivity index (χ4n) is 2.58. The molecular formula is C21H24O4. The van der Waals surface area contributed by atoms with E-state index in [2.05, 4.69) is 0 Å². The molecule has 132 valence electrons. The van der Waals surface area contributed by atoms with Crippen molar-refractivity contribution >= 4 is 11.6 Å². The quantitative estimate of drug-likeness (QED) is 0.759. The third-order valence-corrected chi connectivity index (χ3v) is 4.08. The Hall–Kier alpha value is -2.30. The summed E-state index contributed by atoms with van der Waals surface area (Å²) in [4.78, 5) is 24.1. The molecule has 1 unspecified atom stereocenters. The Kier molecular flexibility index (Phi) is 5.88. The van der Waals surface area contributed by atoms with Gasteiger partial charge in [-0.05, 0) is 43.9 Å². The number of hydrogen-bond acceptors (Lipinski definition) is 4. The molecule has 2 aromatic rings. The van der Waals surface area contributed by atoms with Crippen molar-refractivity contribution in [2.45, 2.75) is 45.3 Å². The molecule has 0 fully saturated rings.